The minimum absolute atomic E-state index is 0.136. The van der Waals surface area contributed by atoms with Crippen molar-refractivity contribution in [1.82, 2.24) is 42.0 Å². The Morgan fingerprint density at radius 3 is 0.935 bits per heavy atom. The van der Waals surface area contributed by atoms with E-state index in [2.05, 4.69) is 45.1 Å². The zero-order valence-corrected chi connectivity index (χ0v) is 55.9. The molecule has 12 rings (SSSR count). The van der Waals surface area contributed by atoms with Gasteiger partial charge in [-0.1, -0.05) is 53.0 Å². The number of hydrogen-bond donors (Lipinski definition) is 6. The van der Waals surface area contributed by atoms with Crippen molar-refractivity contribution in [3.05, 3.63) is 211 Å². The van der Waals surface area contributed by atoms with E-state index in [-0.39, 0.29) is 51.4 Å². The molecule has 3 amide bonds. The van der Waals surface area contributed by atoms with Crippen molar-refractivity contribution < 1.29 is 52.8 Å². The van der Waals surface area contributed by atoms with Gasteiger partial charge < -0.3 is 16.0 Å². The lowest BCUT2D eigenvalue weighted by molar-refractivity contribution is -0.120. The summed E-state index contributed by atoms with van der Waals surface area (Å²) in [5.41, 5.74) is 3.22. The molecule has 0 saturated carbocycles. The normalized spacial score (nSPS) is 21.0. The zero-order valence-electron chi connectivity index (χ0n) is 48.7. The molecule has 3 fully saturated rings. The number of nitrogens with zero attached hydrogens (tertiary/aromatic N) is 6. The summed E-state index contributed by atoms with van der Waals surface area (Å²) in [5, 5.41) is 7.45. The number of nitrogens with one attached hydrogen (secondary N) is 6. The van der Waals surface area contributed by atoms with Gasteiger partial charge in [-0.2, -0.15) is 52.3 Å². The molecule has 3 saturated heterocycles. The second-order valence-electron chi connectivity index (χ2n) is 20.9. The van der Waals surface area contributed by atoms with E-state index in [9.17, 15) is 52.8 Å². The number of hydrogen-bond acceptors (Lipinski definition) is 15. The first-order valence-electron chi connectivity index (χ1n) is 27.8. The van der Waals surface area contributed by atoms with Crippen molar-refractivity contribution in [2.75, 3.05) is 37.1 Å². The summed E-state index contributed by atoms with van der Waals surface area (Å²) >= 11 is 21.6. The molecule has 0 radical (unpaired) electrons. The summed E-state index contributed by atoms with van der Waals surface area (Å²) in [6, 6.07) is 34.6. The fourth-order valence-corrected chi connectivity index (χ4v) is 17.6. The van der Waals surface area contributed by atoms with Crippen LogP contribution in [0.4, 0.5) is 30.2 Å². The lowest BCUT2D eigenvalue weighted by Gasteiger charge is -2.35. The van der Waals surface area contributed by atoms with Crippen LogP contribution in [0, 0.1) is 17.5 Å². The highest BCUT2D eigenvalue weighted by molar-refractivity contribution is 7.87. The first-order valence-corrected chi connectivity index (χ1v) is 35.7. The quantitative estimate of drug-likeness (QED) is 0.0666. The van der Waals surface area contributed by atoms with E-state index < -0.39 is 102 Å². The first kappa shape index (κ1) is 68.7. The van der Waals surface area contributed by atoms with E-state index in [1.165, 1.54) is 91.6 Å². The fraction of sp³-hybridized carbons (Fsp3) is 0.200. The van der Waals surface area contributed by atoms with E-state index in [1.54, 1.807) is 18.6 Å². The second kappa shape index (κ2) is 29.3. The molecule has 93 heavy (non-hydrogen) atoms. The average Bonchev–Trinajstić information content (AvgIpc) is 1.72. The van der Waals surface area contributed by atoms with Crippen molar-refractivity contribution in [2.45, 2.75) is 55.5 Å². The van der Waals surface area contributed by atoms with Gasteiger partial charge >= 0.3 is 0 Å². The smallest absolute Gasteiger partial charge is 0.280 e. The van der Waals surface area contributed by atoms with Gasteiger partial charge in [0.05, 0.1) is 64.9 Å². The van der Waals surface area contributed by atoms with Crippen LogP contribution in [0.5, 0.6) is 0 Å². The van der Waals surface area contributed by atoms with Crippen LogP contribution in [0.25, 0.3) is 31.7 Å². The van der Waals surface area contributed by atoms with Crippen molar-refractivity contribution in [1.29, 1.82) is 0 Å². The van der Waals surface area contributed by atoms with Crippen molar-refractivity contribution in [3.8, 4) is 31.7 Å². The van der Waals surface area contributed by atoms with Gasteiger partial charge in [-0.05, 0) is 147 Å². The average molecular weight is 1440 g/mol. The van der Waals surface area contributed by atoms with Crippen LogP contribution in [0.3, 0.4) is 0 Å². The van der Waals surface area contributed by atoms with Crippen molar-refractivity contribution in [2.24, 2.45) is 0 Å². The Bertz CT molecular complexity index is 4120. The van der Waals surface area contributed by atoms with Gasteiger partial charge in [0.1, 0.15) is 35.6 Å². The third-order valence-corrected chi connectivity index (χ3v) is 24.2. The van der Waals surface area contributed by atoms with Crippen LogP contribution in [0.15, 0.2) is 164 Å². The van der Waals surface area contributed by atoms with Crippen LogP contribution in [0.2, 0.25) is 15.1 Å². The number of thiophene rings is 3. The Morgan fingerprint density at radius 2 is 0.699 bits per heavy atom. The molecule has 3 aromatic carbocycles. The number of pyridine rings is 3. The van der Waals surface area contributed by atoms with E-state index in [0.29, 0.717) is 0 Å². The molecule has 0 spiro atoms. The van der Waals surface area contributed by atoms with Crippen molar-refractivity contribution in [3.63, 3.8) is 0 Å². The van der Waals surface area contributed by atoms with Crippen LogP contribution in [-0.4, -0.2) is 110 Å². The summed E-state index contributed by atoms with van der Waals surface area (Å²) in [7, 11) is -7.64. The number of amides is 3. The number of carbonyl (C=O) groups is 3. The molecular weight excluding hydrogens is 1390 g/mol. The lowest BCUT2D eigenvalue weighted by Crippen LogP contribution is -2.55. The third-order valence-electron chi connectivity index (χ3n) is 14.8. The number of rotatable bonds is 12. The van der Waals surface area contributed by atoms with Gasteiger partial charge in [0.15, 0.2) is 0 Å². The predicted molar refractivity (Wildman–Crippen MR) is 356 cm³/mol. The standard InChI is InChI=1S/3C20H18ClFN4O3S2/c3*1-26-17(20(27)24-12-5-6-14(22)13(21)10-12)11-16(25-31(26,28)29)19-8-7-18(30-19)15-4-2-3-9-23-15/h3*2-10,16-17,25H,11H2,1H3,(H,24,27)/t2*16-,17+;/m10./s1. The molecule has 6 aromatic heterocycles. The molecule has 3 aliphatic heterocycles. The van der Waals surface area contributed by atoms with Gasteiger partial charge in [0.25, 0.3) is 30.6 Å². The van der Waals surface area contributed by atoms with E-state index in [0.717, 1.165) is 77.5 Å². The molecule has 6 N–H and O–H groups in total. The summed E-state index contributed by atoms with van der Waals surface area (Å²) in [6.07, 6.45) is 5.73. The van der Waals surface area contributed by atoms with Crippen LogP contribution in [-0.2, 0) is 45.0 Å². The molecule has 33 heteroatoms. The second-order valence-corrected chi connectivity index (χ2v) is 30.8. The summed E-state index contributed by atoms with van der Waals surface area (Å²) < 4.78 is 127. The molecular formula is C60H54Cl3F3N12O9S6. The Morgan fingerprint density at radius 1 is 0.430 bits per heavy atom. The molecule has 9 aromatic rings. The monoisotopic (exact) mass is 1440 g/mol. The Labute approximate surface area is 560 Å². The SMILES string of the molecule is CN1C(C(=O)Nc2ccc(F)c(Cl)c2)CC(c2ccc(-c3ccccn3)s2)NS1(=O)=O.CN1[C@@H](C(=O)Nc2ccc(F)c(Cl)c2)C[C@@H](c2ccc(-c3ccccn3)s2)NS1(=O)=O.CN1[C@H](C(=O)Nc2ccc(F)c(Cl)c2)C[C@H](c2ccc(-c3ccccn3)s2)NS1(=O)=O. The van der Waals surface area contributed by atoms with E-state index in [4.69, 9.17) is 34.8 Å². The summed E-state index contributed by atoms with van der Waals surface area (Å²) in [4.78, 5) is 56.6. The maximum absolute atomic E-state index is 13.4. The molecule has 21 nitrogen and oxygen atoms in total. The number of carbonyl (C=O) groups excluding carboxylic acids is 3. The van der Waals surface area contributed by atoms with Crippen molar-refractivity contribution >= 4 is 134 Å². The highest BCUT2D eigenvalue weighted by atomic mass is 35.5. The number of benzene rings is 3. The Hall–Kier alpha value is -7.11. The third kappa shape index (κ3) is 16.5. The summed E-state index contributed by atoms with van der Waals surface area (Å²) in [6.45, 7) is 0. The topological polar surface area (TPSA) is 274 Å². The number of anilines is 3. The van der Waals surface area contributed by atoms with Crippen LogP contribution < -0.4 is 30.1 Å². The number of likely N-dealkylation sites (N-methyl/N-ethyl adjacent to an activating group) is 3. The molecule has 3 aliphatic rings. The van der Waals surface area contributed by atoms with Gasteiger partial charge in [-0.3, -0.25) is 29.3 Å². The largest absolute Gasteiger partial charge is 0.325 e. The molecule has 0 bridgehead atoms. The van der Waals surface area contributed by atoms with Gasteiger partial charge in [0.2, 0.25) is 17.7 Å². The Balaban J connectivity index is 0.000000153. The number of aromatic nitrogens is 3. The Kier molecular flexibility index (Phi) is 21.6. The van der Waals surface area contributed by atoms with Crippen LogP contribution >= 0.6 is 68.8 Å². The maximum atomic E-state index is 13.4. The molecule has 9 heterocycles. The molecule has 0 aliphatic carbocycles. The predicted octanol–water partition coefficient (Wildman–Crippen LogP) is 11.5. The van der Waals surface area contributed by atoms with Gasteiger partial charge in [-0.15, -0.1) is 34.0 Å². The fourth-order valence-electron chi connectivity index (χ4n) is 9.85. The molecule has 2 unspecified atom stereocenters. The lowest BCUT2D eigenvalue weighted by atomic mass is 10.1. The molecule has 6 atom stereocenters. The summed E-state index contributed by atoms with van der Waals surface area (Å²) in [5.74, 6) is -3.40. The number of halogens is 6. The maximum Gasteiger partial charge on any atom is 0.280 e. The van der Waals surface area contributed by atoms with Gasteiger partial charge in [-0.25, -0.2) is 13.2 Å². The zero-order chi connectivity index (χ0) is 66.5. The highest BCUT2D eigenvalue weighted by Crippen LogP contribution is 2.40. The first-order chi connectivity index (χ1) is 44.2. The minimum Gasteiger partial charge on any atom is -0.325 e. The van der Waals surface area contributed by atoms with Gasteiger partial charge in [0, 0.05) is 71.4 Å². The molecule has 486 valence electrons. The van der Waals surface area contributed by atoms with Crippen LogP contribution in [0.1, 0.15) is 52.0 Å². The minimum atomic E-state index is -3.89. The van der Waals surface area contributed by atoms with E-state index >= 15 is 0 Å². The van der Waals surface area contributed by atoms with E-state index in [1.807, 2.05) is 91.0 Å². The highest BCUT2D eigenvalue weighted by Gasteiger charge is 2.44.